The summed E-state index contributed by atoms with van der Waals surface area (Å²) >= 11 is 0. The highest BCUT2D eigenvalue weighted by Crippen LogP contribution is 2.22. The minimum atomic E-state index is -0.177. The normalized spacial score (nSPS) is 15.0. The number of H-pyrrole nitrogens is 1. The number of aromatic amines is 1. The van der Waals surface area contributed by atoms with Crippen LogP contribution < -0.4 is 10.3 Å². The van der Waals surface area contributed by atoms with Crippen LogP contribution in [0.2, 0.25) is 0 Å². The van der Waals surface area contributed by atoms with Crippen molar-refractivity contribution < 1.29 is 4.74 Å². The van der Waals surface area contributed by atoms with Gasteiger partial charge in [-0.15, -0.1) is 0 Å². The van der Waals surface area contributed by atoms with Crippen molar-refractivity contribution in [2.75, 3.05) is 26.2 Å². The number of benzene rings is 1. The van der Waals surface area contributed by atoms with Crippen LogP contribution in [-0.2, 0) is 0 Å². The topological polar surface area (TPSA) is 58.2 Å². The second-order valence-electron chi connectivity index (χ2n) is 6.04. The second-order valence-corrected chi connectivity index (χ2v) is 6.04. The van der Waals surface area contributed by atoms with Crippen molar-refractivity contribution in [1.29, 1.82) is 0 Å². The molecule has 2 aromatic rings. The Morgan fingerprint density at radius 3 is 2.65 bits per heavy atom. The summed E-state index contributed by atoms with van der Waals surface area (Å²) in [4.78, 5) is 13.7. The molecule has 0 spiro atoms. The average Bonchev–Trinajstić information content (AvgIpc) is 3.06. The smallest absolute Gasteiger partial charge is 0.264 e. The third-order valence-corrected chi connectivity index (χ3v) is 4.21. The monoisotopic (exact) mass is 313 g/mol. The van der Waals surface area contributed by atoms with Crippen LogP contribution in [-0.4, -0.2) is 41.3 Å². The number of aryl methyl sites for hydroxylation is 1. The Morgan fingerprint density at radius 1 is 1.22 bits per heavy atom. The quantitative estimate of drug-likeness (QED) is 0.833. The summed E-state index contributed by atoms with van der Waals surface area (Å²) in [6, 6.07) is 9.42. The van der Waals surface area contributed by atoms with Crippen molar-refractivity contribution in [3.05, 3.63) is 46.2 Å². The van der Waals surface area contributed by atoms with Gasteiger partial charge in [-0.1, -0.05) is 0 Å². The molecule has 0 atom stereocenters. The van der Waals surface area contributed by atoms with E-state index in [2.05, 4.69) is 15.1 Å². The summed E-state index contributed by atoms with van der Waals surface area (Å²) in [7, 11) is 0. The zero-order valence-electron chi connectivity index (χ0n) is 13.5. The molecule has 5 heteroatoms. The van der Waals surface area contributed by atoms with Crippen LogP contribution in [0.25, 0.3) is 11.3 Å². The van der Waals surface area contributed by atoms with Gasteiger partial charge in [-0.2, -0.15) is 5.10 Å². The molecule has 1 aliphatic heterocycles. The molecule has 0 amide bonds. The molecule has 1 fully saturated rings. The van der Waals surface area contributed by atoms with Crippen LogP contribution >= 0.6 is 0 Å². The van der Waals surface area contributed by atoms with Gasteiger partial charge in [0.15, 0.2) is 0 Å². The molecule has 1 aromatic carbocycles. The lowest BCUT2D eigenvalue weighted by atomic mass is 10.1. The van der Waals surface area contributed by atoms with Crippen LogP contribution in [0.1, 0.15) is 24.8 Å². The third kappa shape index (κ3) is 4.20. The van der Waals surface area contributed by atoms with Crippen molar-refractivity contribution in [2.45, 2.75) is 26.2 Å². The predicted octanol–water partition coefficient (Wildman–Crippen LogP) is 2.61. The lowest BCUT2D eigenvalue weighted by molar-refractivity contribution is 0.263. The van der Waals surface area contributed by atoms with E-state index in [1.807, 2.05) is 31.2 Å². The molecule has 2 heterocycles. The molecule has 3 rings (SSSR count). The summed E-state index contributed by atoms with van der Waals surface area (Å²) in [5.41, 5.74) is 2.46. The van der Waals surface area contributed by atoms with Crippen molar-refractivity contribution in [1.82, 2.24) is 15.1 Å². The second kappa shape index (κ2) is 7.42. The zero-order valence-corrected chi connectivity index (χ0v) is 13.5. The van der Waals surface area contributed by atoms with Crippen molar-refractivity contribution in [2.24, 2.45) is 0 Å². The fraction of sp³-hybridized carbons (Fsp3) is 0.444. The summed E-state index contributed by atoms with van der Waals surface area (Å²) in [6.07, 6.45) is 3.73. The van der Waals surface area contributed by atoms with Crippen LogP contribution in [0.5, 0.6) is 5.75 Å². The molecule has 0 aliphatic carbocycles. The Hall–Kier alpha value is -2.14. The van der Waals surface area contributed by atoms with Gasteiger partial charge < -0.3 is 9.64 Å². The lowest BCUT2D eigenvalue weighted by Gasteiger charge is -2.14. The predicted molar refractivity (Wildman–Crippen MR) is 90.8 cm³/mol. The number of ether oxygens (including phenoxy) is 1. The molecule has 23 heavy (non-hydrogen) atoms. The first kappa shape index (κ1) is 15.7. The van der Waals surface area contributed by atoms with Crippen LogP contribution in [0, 0.1) is 6.92 Å². The molecule has 0 bridgehead atoms. The van der Waals surface area contributed by atoms with Gasteiger partial charge in [-0.25, -0.2) is 5.10 Å². The molecular formula is C18H23N3O2. The first-order valence-corrected chi connectivity index (χ1v) is 8.24. The Balaban J connectivity index is 1.53. The van der Waals surface area contributed by atoms with E-state index in [9.17, 15) is 4.79 Å². The van der Waals surface area contributed by atoms with Crippen LogP contribution in [0.3, 0.4) is 0 Å². The first-order valence-electron chi connectivity index (χ1n) is 8.24. The van der Waals surface area contributed by atoms with Crippen molar-refractivity contribution in [3.8, 4) is 17.0 Å². The number of rotatable bonds is 6. The lowest BCUT2D eigenvalue weighted by Crippen LogP contribution is -2.21. The standard InChI is InChI=1S/C18H23N3O2/c1-14-13-17(22)19-20-18(14)15-5-7-16(8-6-15)23-12-4-11-21-9-2-3-10-21/h5-8,13H,2-4,9-12H2,1H3,(H,19,22). The van der Waals surface area contributed by atoms with E-state index in [1.165, 1.54) is 25.9 Å². The molecule has 5 nitrogen and oxygen atoms in total. The zero-order chi connectivity index (χ0) is 16.1. The SMILES string of the molecule is Cc1cc(=O)[nH]nc1-c1ccc(OCCCN2CCCC2)cc1. The largest absolute Gasteiger partial charge is 0.494 e. The Kier molecular flexibility index (Phi) is 5.08. The van der Waals surface area contributed by atoms with E-state index in [0.717, 1.165) is 42.1 Å². The van der Waals surface area contributed by atoms with E-state index >= 15 is 0 Å². The van der Waals surface area contributed by atoms with Gasteiger partial charge in [0.2, 0.25) is 0 Å². The van der Waals surface area contributed by atoms with Crippen LogP contribution in [0.4, 0.5) is 0 Å². The molecule has 1 aliphatic rings. The Morgan fingerprint density at radius 2 is 1.96 bits per heavy atom. The molecule has 1 aromatic heterocycles. The van der Waals surface area contributed by atoms with Crippen molar-refractivity contribution >= 4 is 0 Å². The highest BCUT2D eigenvalue weighted by Gasteiger charge is 2.10. The molecule has 1 N–H and O–H groups in total. The summed E-state index contributed by atoms with van der Waals surface area (Å²) in [6.45, 7) is 6.23. The third-order valence-electron chi connectivity index (χ3n) is 4.21. The fourth-order valence-corrected chi connectivity index (χ4v) is 2.98. The molecule has 0 radical (unpaired) electrons. The van der Waals surface area contributed by atoms with E-state index in [4.69, 9.17) is 4.74 Å². The summed E-state index contributed by atoms with van der Waals surface area (Å²) < 4.78 is 5.80. The Labute approximate surface area is 136 Å². The minimum absolute atomic E-state index is 0.177. The number of likely N-dealkylation sites (tertiary alicyclic amines) is 1. The van der Waals surface area contributed by atoms with Gasteiger partial charge in [0, 0.05) is 18.2 Å². The first-order chi connectivity index (χ1) is 11.2. The average molecular weight is 313 g/mol. The van der Waals surface area contributed by atoms with E-state index in [-0.39, 0.29) is 5.56 Å². The van der Waals surface area contributed by atoms with Crippen molar-refractivity contribution in [3.63, 3.8) is 0 Å². The van der Waals surface area contributed by atoms with Gasteiger partial charge in [0.05, 0.1) is 12.3 Å². The number of hydrogen-bond donors (Lipinski definition) is 1. The van der Waals surface area contributed by atoms with Gasteiger partial charge in [0.1, 0.15) is 5.75 Å². The van der Waals surface area contributed by atoms with Gasteiger partial charge >= 0.3 is 0 Å². The molecule has 0 unspecified atom stereocenters. The number of nitrogens with one attached hydrogen (secondary N) is 1. The maximum Gasteiger partial charge on any atom is 0.264 e. The molecule has 122 valence electrons. The summed E-state index contributed by atoms with van der Waals surface area (Å²) in [5.74, 6) is 0.872. The van der Waals surface area contributed by atoms with Gasteiger partial charge in [-0.3, -0.25) is 4.79 Å². The molecular weight excluding hydrogens is 290 g/mol. The maximum atomic E-state index is 11.2. The molecule has 0 saturated carbocycles. The molecule has 1 saturated heterocycles. The summed E-state index contributed by atoms with van der Waals surface area (Å²) in [5, 5.41) is 6.59. The number of nitrogens with zero attached hydrogens (tertiary/aromatic N) is 2. The highest BCUT2D eigenvalue weighted by molar-refractivity contribution is 5.62. The fourth-order valence-electron chi connectivity index (χ4n) is 2.98. The number of hydrogen-bond acceptors (Lipinski definition) is 4. The Bertz CT molecular complexity index is 688. The van der Waals surface area contributed by atoms with E-state index < -0.39 is 0 Å². The maximum absolute atomic E-state index is 11.2. The van der Waals surface area contributed by atoms with Gasteiger partial charge in [0.25, 0.3) is 5.56 Å². The minimum Gasteiger partial charge on any atom is -0.494 e. The van der Waals surface area contributed by atoms with Crippen LogP contribution in [0.15, 0.2) is 35.1 Å². The van der Waals surface area contributed by atoms with E-state index in [1.54, 1.807) is 6.07 Å². The van der Waals surface area contributed by atoms with Gasteiger partial charge in [-0.05, 0) is 69.1 Å². The van der Waals surface area contributed by atoms with E-state index in [0.29, 0.717) is 0 Å². The number of aromatic nitrogens is 2. The highest BCUT2D eigenvalue weighted by atomic mass is 16.5.